The number of aliphatic carboxylic acids is 1. The van der Waals surface area contributed by atoms with Crippen LogP contribution in [0.15, 0.2) is 30.3 Å². The maximum atomic E-state index is 14.6. The Morgan fingerprint density at radius 3 is 2.38 bits per heavy atom. The van der Waals surface area contributed by atoms with E-state index in [-0.39, 0.29) is 15.5 Å². The van der Waals surface area contributed by atoms with E-state index in [9.17, 15) is 23.5 Å². The van der Waals surface area contributed by atoms with Crippen LogP contribution in [0.1, 0.15) is 44.2 Å². The normalized spacial score (nSPS) is 27.0. The first-order valence-electron chi connectivity index (χ1n) is 10.1. The molecule has 2 aliphatic rings. The highest BCUT2D eigenvalue weighted by Crippen LogP contribution is 2.57. The van der Waals surface area contributed by atoms with Gasteiger partial charge in [-0.15, -0.1) is 0 Å². The molecule has 2 aromatic carbocycles. The average molecular weight is 483 g/mol. The number of rotatable bonds is 3. The highest BCUT2D eigenvalue weighted by atomic mass is 35.5. The Kier molecular flexibility index (Phi) is 5.51. The molecule has 1 saturated heterocycles. The van der Waals surface area contributed by atoms with E-state index in [1.54, 1.807) is 0 Å². The third-order valence-corrected chi connectivity index (χ3v) is 6.85. The quantitative estimate of drug-likeness (QED) is 0.568. The van der Waals surface area contributed by atoms with Crippen LogP contribution < -0.4 is 10.6 Å². The van der Waals surface area contributed by atoms with Crippen molar-refractivity contribution in [2.24, 2.45) is 5.41 Å². The van der Waals surface area contributed by atoms with Crippen molar-refractivity contribution in [1.82, 2.24) is 5.32 Å². The predicted octanol–water partition coefficient (Wildman–Crippen LogP) is 5.11. The third-order valence-electron chi connectivity index (χ3n) is 6.27. The van der Waals surface area contributed by atoms with Crippen LogP contribution >= 0.6 is 23.2 Å². The van der Waals surface area contributed by atoms with Gasteiger partial charge in [-0.05, 0) is 47.2 Å². The molecule has 0 radical (unpaired) electrons. The third kappa shape index (κ3) is 3.47. The Labute approximate surface area is 194 Å². The highest BCUT2D eigenvalue weighted by Gasteiger charge is 2.66. The molecule has 0 saturated carbocycles. The number of fused-ring (bicyclic) bond motifs is 2. The van der Waals surface area contributed by atoms with Gasteiger partial charge in [0.1, 0.15) is 23.1 Å². The van der Waals surface area contributed by atoms with Crippen LogP contribution in [0.5, 0.6) is 0 Å². The van der Waals surface area contributed by atoms with Crippen molar-refractivity contribution in [1.29, 1.82) is 0 Å². The summed E-state index contributed by atoms with van der Waals surface area (Å²) in [5.41, 5.74) is -0.757. The first kappa shape index (κ1) is 23.0. The molecule has 170 valence electrons. The van der Waals surface area contributed by atoms with Crippen LogP contribution in [0.2, 0.25) is 10.0 Å². The zero-order chi connectivity index (χ0) is 23.6. The number of nitrogens with one attached hydrogen (secondary N) is 2. The van der Waals surface area contributed by atoms with Gasteiger partial charge < -0.3 is 10.4 Å². The van der Waals surface area contributed by atoms with Gasteiger partial charge in [-0.25, -0.2) is 8.78 Å². The summed E-state index contributed by atoms with van der Waals surface area (Å²) < 4.78 is 28.5. The van der Waals surface area contributed by atoms with Crippen molar-refractivity contribution in [3.63, 3.8) is 0 Å². The lowest BCUT2D eigenvalue weighted by Gasteiger charge is -2.37. The number of carboxylic acids is 1. The number of carbonyl (C=O) groups is 2. The van der Waals surface area contributed by atoms with Crippen molar-refractivity contribution < 1.29 is 23.5 Å². The van der Waals surface area contributed by atoms with Gasteiger partial charge in [0.2, 0.25) is 5.91 Å². The van der Waals surface area contributed by atoms with Gasteiger partial charge in [-0.1, -0.05) is 50.0 Å². The standard InChI is InChI=1S/C23H22Cl2F2N2O3/c1-22(2,3)9-17-23(11-7-15(27)13(25)8-16(11)28-21(23)32)18(19(29-17)20(30)31)10-4-5-14(26)12(24)6-10/h4-8,17-19,29H,9H2,1-3H3,(H,28,32)(H,30,31)/t17-,18+,19-,23+/m1/s1. The second kappa shape index (κ2) is 7.68. The van der Waals surface area contributed by atoms with Crippen LogP contribution in [-0.4, -0.2) is 29.1 Å². The Bertz CT molecular complexity index is 1130. The molecule has 1 spiro atoms. The van der Waals surface area contributed by atoms with Gasteiger partial charge in [0, 0.05) is 17.6 Å². The van der Waals surface area contributed by atoms with Crippen LogP contribution in [0, 0.1) is 17.0 Å². The molecule has 9 heteroatoms. The fourth-order valence-electron chi connectivity index (χ4n) is 5.13. The van der Waals surface area contributed by atoms with Crippen LogP contribution in [0.3, 0.4) is 0 Å². The smallest absolute Gasteiger partial charge is 0.321 e. The summed E-state index contributed by atoms with van der Waals surface area (Å²) in [7, 11) is 0. The number of carboxylic acid groups (broad SMARTS) is 1. The van der Waals surface area contributed by atoms with Crippen molar-refractivity contribution in [2.75, 3.05) is 5.32 Å². The Morgan fingerprint density at radius 2 is 1.78 bits per heavy atom. The van der Waals surface area contributed by atoms with Crippen molar-refractivity contribution in [3.05, 3.63) is 63.1 Å². The molecule has 0 aromatic heterocycles. The summed E-state index contributed by atoms with van der Waals surface area (Å²) in [6, 6.07) is 4.56. The van der Waals surface area contributed by atoms with E-state index in [4.69, 9.17) is 23.2 Å². The second-order valence-electron chi connectivity index (χ2n) is 9.59. The summed E-state index contributed by atoms with van der Waals surface area (Å²) >= 11 is 12.0. The van der Waals surface area contributed by atoms with E-state index in [2.05, 4.69) is 10.6 Å². The second-order valence-corrected chi connectivity index (χ2v) is 10.4. The minimum atomic E-state index is -1.47. The molecule has 0 unspecified atom stereocenters. The lowest BCUT2D eigenvalue weighted by molar-refractivity contribution is -0.139. The van der Waals surface area contributed by atoms with Crippen LogP contribution in [0.25, 0.3) is 0 Å². The summed E-state index contributed by atoms with van der Waals surface area (Å²) in [5.74, 6) is -4.01. The maximum Gasteiger partial charge on any atom is 0.321 e. The van der Waals surface area contributed by atoms with Gasteiger partial charge in [0.25, 0.3) is 0 Å². The predicted molar refractivity (Wildman–Crippen MR) is 118 cm³/mol. The van der Waals surface area contributed by atoms with Crippen molar-refractivity contribution >= 4 is 40.8 Å². The van der Waals surface area contributed by atoms with E-state index >= 15 is 0 Å². The fraction of sp³-hybridized carbons (Fsp3) is 0.391. The van der Waals surface area contributed by atoms with Crippen molar-refractivity contribution in [3.8, 4) is 0 Å². The minimum absolute atomic E-state index is 0.157. The minimum Gasteiger partial charge on any atom is -0.480 e. The number of hydrogen-bond donors (Lipinski definition) is 3. The topological polar surface area (TPSA) is 78.4 Å². The number of amides is 1. The Hall–Kier alpha value is -2.22. The average Bonchev–Trinajstić information content (AvgIpc) is 3.14. The molecule has 0 aliphatic carbocycles. The molecule has 1 amide bonds. The Balaban J connectivity index is 2.03. The SMILES string of the molecule is CC(C)(C)C[C@H]1N[C@@H](C(=O)O)[C@H](c2ccc(F)c(Cl)c2)[C@@]12C(=O)Nc1cc(Cl)c(F)cc12. The number of hydrogen-bond acceptors (Lipinski definition) is 3. The molecule has 2 aliphatic heterocycles. The van der Waals surface area contributed by atoms with Gasteiger partial charge in [0.15, 0.2) is 0 Å². The van der Waals surface area contributed by atoms with Gasteiger partial charge in [0.05, 0.1) is 10.0 Å². The molecule has 4 atom stereocenters. The fourth-order valence-corrected chi connectivity index (χ4v) is 5.48. The summed E-state index contributed by atoms with van der Waals surface area (Å²) in [4.78, 5) is 26.0. The first-order valence-corrected chi connectivity index (χ1v) is 10.9. The van der Waals surface area contributed by atoms with Gasteiger partial charge in [-0.2, -0.15) is 0 Å². The summed E-state index contributed by atoms with van der Waals surface area (Å²) in [5, 5.41) is 15.6. The van der Waals surface area contributed by atoms with E-state index in [1.165, 1.54) is 24.3 Å². The van der Waals surface area contributed by atoms with E-state index < -0.39 is 46.9 Å². The monoisotopic (exact) mass is 482 g/mol. The molecule has 32 heavy (non-hydrogen) atoms. The number of halogens is 4. The zero-order valence-electron chi connectivity index (χ0n) is 17.6. The lowest BCUT2D eigenvalue weighted by Crippen LogP contribution is -2.49. The van der Waals surface area contributed by atoms with Crippen molar-refractivity contribution in [2.45, 2.75) is 50.6 Å². The van der Waals surface area contributed by atoms with E-state index in [0.29, 0.717) is 23.2 Å². The lowest BCUT2D eigenvalue weighted by atomic mass is 9.62. The zero-order valence-corrected chi connectivity index (χ0v) is 19.1. The molecular weight excluding hydrogens is 461 g/mol. The molecule has 2 aromatic rings. The highest BCUT2D eigenvalue weighted by molar-refractivity contribution is 6.31. The van der Waals surface area contributed by atoms with E-state index in [1.807, 2.05) is 20.8 Å². The molecular formula is C23H22Cl2F2N2O3. The Morgan fingerprint density at radius 1 is 1.12 bits per heavy atom. The molecule has 1 fully saturated rings. The molecule has 4 rings (SSSR count). The number of anilines is 1. The maximum absolute atomic E-state index is 14.6. The molecule has 3 N–H and O–H groups in total. The number of carbonyl (C=O) groups excluding carboxylic acids is 1. The largest absolute Gasteiger partial charge is 0.480 e. The summed E-state index contributed by atoms with van der Waals surface area (Å²) in [6.45, 7) is 5.91. The van der Waals surface area contributed by atoms with Gasteiger partial charge >= 0.3 is 5.97 Å². The number of benzene rings is 2. The van der Waals surface area contributed by atoms with Gasteiger partial charge in [-0.3, -0.25) is 14.9 Å². The van der Waals surface area contributed by atoms with Crippen LogP contribution in [-0.2, 0) is 15.0 Å². The first-order chi connectivity index (χ1) is 14.9. The molecule has 0 bridgehead atoms. The summed E-state index contributed by atoms with van der Waals surface area (Å²) in [6.07, 6.45) is 0.416. The molecule has 5 nitrogen and oxygen atoms in total. The van der Waals surface area contributed by atoms with Crippen LogP contribution in [0.4, 0.5) is 14.5 Å². The molecule has 2 heterocycles. The van der Waals surface area contributed by atoms with E-state index in [0.717, 1.165) is 6.07 Å².